The molecule has 1 amide bonds. The molecule has 9 heteroatoms. The topological polar surface area (TPSA) is 118 Å². The number of rotatable bonds is 7. The van der Waals surface area contributed by atoms with Crippen LogP contribution in [0.25, 0.3) is 0 Å². The van der Waals surface area contributed by atoms with E-state index in [-0.39, 0.29) is 17.4 Å². The molecule has 2 N–H and O–H groups in total. The fraction of sp³-hybridized carbons (Fsp3) is 0.667. The van der Waals surface area contributed by atoms with E-state index in [0.717, 1.165) is 50.2 Å². The van der Waals surface area contributed by atoms with Gasteiger partial charge in [0.05, 0.1) is 6.10 Å². The highest BCUT2D eigenvalue weighted by Gasteiger charge is 2.29. The van der Waals surface area contributed by atoms with Gasteiger partial charge < -0.3 is 15.2 Å². The summed E-state index contributed by atoms with van der Waals surface area (Å²) >= 11 is 0. The maximum absolute atomic E-state index is 12.8. The Kier molecular flexibility index (Phi) is 7.46. The lowest BCUT2D eigenvalue weighted by molar-refractivity contribution is 0.00378. The Morgan fingerprint density at radius 1 is 1.23 bits per heavy atom. The second-order valence-electron chi connectivity index (χ2n) is 8.36. The summed E-state index contributed by atoms with van der Waals surface area (Å²) in [7, 11) is -3.28. The second-order valence-corrected chi connectivity index (χ2v) is 10.3. The van der Waals surface area contributed by atoms with E-state index in [9.17, 15) is 18.3 Å². The van der Waals surface area contributed by atoms with Crippen LogP contribution >= 0.6 is 0 Å². The summed E-state index contributed by atoms with van der Waals surface area (Å²) < 4.78 is 28.6. The molecule has 2 aliphatic carbocycles. The summed E-state index contributed by atoms with van der Waals surface area (Å²) in [6, 6.07) is -0.505. The van der Waals surface area contributed by atoms with Crippen molar-refractivity contribution in [3.63, 3.8) is 0 Å². The first-order valence-corrected chi connectivity index (χ1v) is 12.6. The molecular formula is C21H31N3O5S. The average Bonchev–Trinajstić information content (AvgIpc) is 3.22. The summed E-state index contributed by atoms with van der Waals surface area (Å²) in [5.74, 6) is 0.681. The molecule has 8 nitrogen and oxygen atoms in total. The number of sulfone groups is 1. The van der Waals surface area contributed by atoms with Crippen molar-refractivity contribution >= 4 is 15.7 Å². The van der Waals surface area contributed by atoms with Crippen LogP contribution in [0, 0.1) is 0 Å². The van der Waals surface area contributed by atoms with Gasteiger partial charge in [0, 0.05) is 29.8 Å². The lowest BCUT2D eigenvalue weighted by atomic mass is 9.95. The van der Waals surface area contributed by atoms with Crippen molar-refractivity contribution in [2.45, 2.75) is 82.5 Å². The van der Waals surface area contributed by atoms with Gasteiger partial charge in [0.1, 0.15) is 17.5 Å². The first-order valence-electron chi connectivity index (χ1n) is 10.6. The molecule has 0 radical (unpaired) electrons. The predicted octanol–water partition coefficient (Wildman–Crippen LogP) is 2.49. The Bertz CT molecular complexity index is 881. The molecule has 30 heavy (non-hydrogen) atoms. The van der Waals surface area contributed by atoms with Crippen molar-refractivity contribution in [1.29, 1.82) is 0 Å². The number of aliphatic hydroxyl groups excluding tert-OH is 1. The molecule has 2 aliphatic rings. The van der Waals surface area contributed by atoms with E-state index in [2.05, 4.69) is 15.3 Å². The van der Waals surface area contributed by atoms with Gasteiger partial charge in [-0.05, 0) is 39.0 Å². The summed E-state index contributed by atoms with van der Waals surface area (Å²) in [5, 5.41) is 14.1. The van der Waals surface area contributed by atoms with E-state index in [0.29, 0.717) is 18.7 Å². The Balaban J connectivity index is 1.82. The molecule has 166 valence electrons. The van der Waals surface area contributed by atoms with Crippen LogP contribution in [0.4, 0.5) is 0 Å². The molecule has 0 bridgehead atoms. The number of amides is 1. The van der Waals surface area contributed by atoms with E-state index in [1.54, 1.807) is 6.92 Å². The largest absolute Gasteiger partial charge is 0.471 e. The maximum atomic E-state index is 12.8. The second kappa shape index (κ2) is 9.87. The van der Waals surface area contributed by atoms with Crippen molar-refractivity contribution in [3.8, 4) is 5.88 Å². The molecule has 0 saturated heterocycles. The number of carbonyl (C=O) groups is 1. The molecule has 0 unspecified atom stereocenters. The highest BCUT2D eigenvalue weighted by atomic mass is 32.2. The third-order valence-corrected chi connectivity index (χ3v) is 6.29. The van der Waals surface area contributed by atoms with Crippen molar-refractivity contribution in [1.82, 2.24) is 15.3 Å². The number of nitrogens with one attached hydrogen (secondary N) is 1. The summed E-state index contributed by atoms with van der Waals surface area (Å²) in [6.07, 6.45) is 10.6. The summed E-state index contributed by atoms with van der Waals surface area (Å²) in [6.45, 7) is 1.68. The van der Waals surface area contributed by atoms with Gasteiger partial charge in [0.2, 0.25) is 5.88 Å². The van der Waals surface area contributed by atoms with Gasteiger partial charge >= 0.3 is 0 Å². The zero-order valence-electron chi connectivity index (χ0n) is 17.6. The molecule has 0 spiro atoms. The lowest BCUT2D eigenvalue weighted by Gasteiger charge is -2.28. The van der Waals surface area contributed by atoms with Gasteiger partial charge in [-0.1, -0.05) is 25.3 Å². The molecule has 1 aromatic heterocycles. The number of ether oxygens (including phenoxy) is 1. The van der Waals surface area contributed by atoms with Crippen LogP contribution in [-0.4, -0.2) is 53.9 Å². The number of aliphatic hydroxyl groups is 1. The minimum atomic E-state index is -3.28. The molecule has 1 aromatic rings. The number of carbonyl (C=O) groups excluding carboxylic acids is 1. The van der Waals surface area contributed by atoms with E-state index in [1.807, 2.05) is 0 Å². The van der Waals surface area contributed by atoms with Crippen molar-refractivity contribution < 1.29 is 23.1 Å². The van der Waals surface area contributed by atoms with Gasteiger partial charge in [0.15, 0.2) is 9.84 Å². The molecule has 0 aromatic carbocycles. The van der Waals surface area contributed by atoms with Crippen LogP contribution in [0.15, 0.2) is 17.7 Å². The van der Waals surface area contributed by atoms with E-state index in [1.165, 1.54) is 12.3 Å². The standard InChI is InChI=1S/C21H31N3O5S/c1-14(11-12-30(2,27)28)23-20(26)16-13-22-19(15-7-3-4-8-15)24-21(16)29-18-10-6-5-9-17(18)25/h11-15,17-18,25H,3-10H2,1-2H3,(H,23,26)/b12-11+/t14-,17+,18-/m0/s1. The van der Waals surface area contributed by atoms with Gasteiger partial charge in [-0.25, -0.2) is 13.4 Å². The average molecular weight is 438 g/mol. The normalized spacial score (nSPS) is 24.1. The van der Waals surface area contributed by atoms with E-state index >= 15 is 0 Å². The first-order chi connectivity index (χ1) is 14.2. The number of nitrogens with zero attached hydrogens (tertiary/aromatic N) is 2. The van der Waals surface area contributed by atoms with E-state index in [4.69, 9.17) is 4.74 Å². The lowest BCUT2D eigenvalue weighted by Crippen LogP contribution is -2.36. The van der Waals surface area contributed by atoms with Crippen molar-refractivity contribution in [2.24, 2.45) is 0 Å². The monoisotopic (exact) mass is 437 g/mol. The van der Waals surface area contributed by atoms with Crippen LogP contribution in [0.2, 0.25) is 0 Å². The third kappa shape index (κ3) is 6.25. The smallest absolute Gasteiger partial charge is 0.258 e. The Hall–Kier alpha value is -2.00. The van der Waals surface area contributed by atoms with Crippen LogP contribution in [-0.2, 0) is 9.84 Å². The van der Waals surface area contributed by atoms with Gasteiger partial charge in [-0.2, -0.15) is 4.98 Å². The van der Waals surface area contributed by atoms with Crippen LogP contribution in [0.3, 0.4) is 0 Å². The van der Waals surface area contributed by atoms with Gasteiger partial charge in [-0.15, -0.1) is 0 Å². The van der Waals surface area contributed by atoms with Crippen molar-refractivity contribution in [3.05, 3.63) is 29.1 Å². The zero-order chi connectivity index (χ0) is 21.7. The molecule has 3 rings (SSSR count). The molecular weight excluding hydrogens is 406 g/mol. The van der Waals surface area contributed by atoms with Gasteiger partial charge in [-0.3, -0.25) is 4.79 Å². The van der Waals surface area contributed by atoms with Crippen LogP contribution < -0.4 is 10.1 Å². The minimum Gasteiger partial charge on any atom is -0.471 e. The number of aromatic nitrogens is 2. The van der Waals surface area contributed by atoms with Gasteiger partial charge in [0.25, 0.3) is 5.91 Å². The Morgan fingerprint density at radius 2 is 1.90 bits per heavy atom. The Morgan fingerprint density at radius 3 is 2.57 bits per heavy atom. The molecule has 2 saturated carbocycles. The van der Waals surface area contributed by atoms with E-state index < -0.39 is 34.0 Å². The SMILES string of the molecule is C[C@@H](/C=C/S(C)(=O)=O)NC(=O)c1cnc(C2CCCC2)nc1O[C@H]1CCCC[C@H]1O. The maximum Gasteiger partial charge on any atom is 0.258 e. The molecule has 3 atom stereocenters. The molecule has 0 aliphatic heterocycles. The number of hydrogen-bond acceptors (Lipinski definition) is 7. The van der Waals surface area contributed by atoms with Crippen molar-refractivity contribution in [2.75, 3.05) is 6.26 Å². The highest BCUT2D eigenvalue weighted by molar-refractivity contribution is 7.93. The quantitative estimate of drug-likeness (QED) is 0.673. The molecule has 1 heterocycles. The van der Waals surface area contributed by atoms with Crippen LogP contribution in [0.5, 0.6) is 5.88 Å². The fourth-order valence-electron chi connectivity index (χ4n) is 3.96. The predicted molar refractivity (Wildman–Crippen MR) is 113 cm³/mol. The van der Waals surface area contributed by atoms with Crippen LogP contribution in [0.1, 0.15) is 80.4 Å². The third-order valence-electron chi connectivity index (χ3n) is 5.64. The minimum absolute atomic E-state index is 0.189. The summed E-state index contributed by atoms with van der Waals surface area (Å²) in [5.41, 5.74) is 0.189. The highest BCUT2D eigenvalue weighted by Crippen LogP contribution is 2.34. The Labute approximate surface area is 178 Å². The fourth-order valence-corrected chi connectivity index (χ4v) is 4.48. The summed E-state index contributed by atoms with van der Waals surface area (Å²) in [4.78, 5) is 21.8. The first kappa shape index (κ1) is 22.7. The molecule has 2 fully saturated rings. The number of hydrogen-bond donors (Lipinski definition) is 2. The zero-order valence-corrected chi connectivity index (χ0v) is 18.4.